The molecule has 0 aliphatic carbocycles. The number of rotatable bonds is 4. The van der Waals surface area contributed by atoms with Crippen molar-refractivity contribution in [3.8, 4) is 5.75 Å². The summed E-state index contributed by atoms with van der Waals surface area (Å²) >= 11 is 0. The predicted molar refractivity (Wildman–Crippen MR) is 91.1 cm³/mol. The summed E-state index contributed by atoms with van der Waals surface area (Å²) in [5.41, 5.74) is 2.70. The minimum atomic E-state index is 0.573. The van der Waals surface area contributed by atoms with Crippen molar-refractivity contribution in [2.24, 2.45) is 0 Å². The number of hydrogen-bond acceptors (Lipinski definition) is 6. The van der Waals surface area contributed by atoms with E-state index in [0.29, 0.717) is 12.4 Å². The Morgan fingerprint density at radius 3 is 2.92 bits per heavy atom. The Balaban J connectivity index is 1.72. The molecule has 3 aromatic heterocycles. The number of aryl methyl sites for hydroxylation is 1. The molecular weight excluding hydrogens is 304 g/mol. The molecule has 0 saturated heterocycles. The lowest BCUT2D eigenvalue weighted by atomic mass is 10.2. The topological polar surface area (TPSA) is 77.2 Å². The third-order valence-corrected chi connectivity index (χ3v) is 3.82. The molecule has 0 fully saturated rings. The van der Waals surface area contributed by atoms with Gasteiger partial charge in [-0.1, -0.05) is 0 Å². The largest absolute Gasteiger partial charge is 0.497 e. The first-order valence-electron chi connectivity index (χ1n) is 7.58. The van der Waals surface area contributed by atoms with Crippen LogP contribution in [0, 0.1) is 6.92 Å². The lowest BCUT2D eigenvalue weighted by Crippen LogP contribution is -2.08. The average Bonchev–Trinajstić information content (AvgIpc) is 3.08. The van der Waals surface area contributed by atoms with Crippen LogP contribution in [0.3, 0.4) is 0 Å². The van der Waals surface area contributed by atoms with E-state index in [1.807, 2.05) is 41.8 Å². The van der Waals surface area contributed by atoms with E-state index in [-0.39, 0.29) is 0 Å². The summed E-state index contributed by atoms with van der Waals surface area (Å²) in [5, 5.41) is 8.60. The minimum absolute atomic E-state index is 0.573. The number of aromatic nitrogens is 5. The molecule has 4 aromatic rings. The SMILES string of the molecule is COc1ccc2nc(C)nc(NCc3ccnc4ccnn34)c2c1. The fourth-order valence-corrected chi connectivity index (χ4v) is 2.68. The second-order valence-electron chi connectivity index (χ2n) is 5.39. The molecule has 0 amide bonds. The molecule has 1 N–H and O–H groups in total. The molecule has 120 valence electrons. The molecule has 7 nitrogen and oxygen atoms in total. The van der Waals surface area contributed by atoms with Crippen molar-refractivity contribution in [1.29, 1.82) is 0 Å². The van der Waals surface area contributed by atoms with Gasteiger partial charge in [0, 0.05) is 17.6 Å². The fraction of sp³-hybridized carbons (Fsp3) is 0.176. The molecule has 24 heavy (non-hydrogen) atoms. The maximum Gasteiger partial charge on any atom is 0.155 e. The fourth-order valence-electron chi connectivity index (χ4n) is 2.68. The number of fused-ring (bicyclic) bond motifs is 2. The van der Waals surface area contributed by atoms with E-state index in [4.69, 9.17) is 4.74 Å². The Morgan fingerprint density at radius 1 is 1.12 bits per heavy atom. The molecular formula is C17H16N6O. The number of nitrogens with one attached hydrogen (secondary N) is 1. The van der Waals surface area contributed by atoms with Crippen LogP contribution >= 0.6 is 0 Å². The monoisotopic (exact) mass is 320 g/mol. The lowest BCUT2D eigenvalue weighted by Gasteiger charge is -2.11. The van der Waals surface area contributed by atoms with Crippen LogP contribution in [0.1, 0.15) is 11.5 Å². The third-order valence-electron chi connectivity index (χ3n) is 3.82. The van der Waals surface area contributed by atoms with Crippen molar-refractivity contribution < 1.29 is 4.74 Å². The van der Waals surface area contributed by atoms with E-state index >= 15 is 0 Å². The quantitative estimate of drug-likeness (QED) is 0.623. The van der Waals surface area contributed by atoms with Crippen LogP contribution < -0.4 is 10.1 Å². The third kappa shape index (κ3) is 2.50. The summed E-state index contributed by atoms with van der Waals surface area (Å²) in [4.78, 5) is 13.3. The van der Waals surface area contributed by atoms with Gasteiger partial charge in [-0.2, -0.15) is 5.10 Å². The Morgan fingerprint density at radius 2 is 2.04 bits per heavy atom. The van der Waals surface area contributed by atoms with Crippen LogP contribution in [0.15, 0.2) is 42.7 Å². The van der Waals surface area contributed by atoms with E-state index in [9.17, 15) is 0 Å². The molecule has 4 rings (SSSR count). The van der Waals surface area contributed by atoms with Crippen molar-refractivity contribution in [2.45, 2.75) is 13.5 Å². The van der Waals surface area contributed by atoms with E-state index in [1.54, 1.807) is 19.5 Å². The molecule has 0 aliphatic rings. The second-order valence-corrected chi connectivity index (χ2v) is 5.39. The molecule has 0 atom stereocenters. The first kappa shape index (κ1) is 14.4. The molecule has 0 aliphatic heterocycles. The van der Waals surface area contributed by atoms with Gasteiger partial charge in [0.05, 0.1) is 31.1 Å². The van der Waals surface area contributed by atoms with Gasteiger partial charge in [0.1, 0.15) is 17.4 Å². The summed E-state index contributed by atoms with van der Waals surface area (Å²) in [6.45, 7) is 2.45. The first-order chi connectivity index (χ1) is 11.7. The van der Waals surface area contributed by atoms with Crippen molar-refractivity contribution in [2.75, 3.05) is 12.4 Å². The van der Waals surface area contributed by atoms with Crippen LogP contribution in [-0.2, 0) is 6.54 Å². The van der Waals surface area contributed by atoms with Crippen LogP contribution in [0.4, 0.5) is 5.82 Å². The van der Waals surface area contributed by atoms with E-state index in [2.05, 4.69) is 25.4 Å². The molecule has 0 spiro atoms. The van der Waals surface area contributed by atoms with Gasteiger partial charge in [-0.15, -0.1) is 0 Å². The van der Waals surface area contributed by atoms with Gasteiger partial charge in [0.25, 0.3) is 0 Å². The Hall–Kier alpha value is -3.22. The highest BCUT2D eigenvalue weighted by Crippen LogP contribution is 2.25. The summed E-state index contributed by atoms with van der Waals surface area (Å²) in [6.07, 6.45) is 3.52. The van der Waals surface area contributed by atoms with Crippen LogP contribution in [-0.4, -0.2) is 31.7 Å². The van der Waals surface area contributed by atoms with Gasteiger partial charge in [0.2, 0.25) is 0 Å². The van der Waals surface area contributed by atoms with Crippen LogP contribution in [0.5, 0.6) is 5.75 Å². The van der Waals surface area contributed by atoms with E-state index in [1.165, 1.54) is 0 Å². The minimum Gasteiger partial charge on any atom is -0.497 e. The number of ether oxygens (including phenoxy) is 1. The molecule has 0 bridgehead atoms. The number of methoxy groups -OCH3 is 1. The highest BCUT2D eigenvalue weighted by Gasteiger charge is 2.08. The van der Waals surface area contributed by atoms with Crippen LogP contribution in [0.2, 0.25) is 0 Å². The summed E-state index contributed by atoms with van der Waals surface area (Å²) in [6, 6.07) is 9.58. The maximum absolute atomic E-state index is 5.31. The van der Waals surface area contributed by atoms with Crippen molar-refractivity contribution in [1.82, 2.24) is 24.6 Å². The van der Waals surface area contributed by atoms with Gasteiger partial charge in [0.15, 0.2) is 5.65 Å². The lowest BCUT2D eigenvalue weighted by molar-refractivity contribution is 0.415. The molecule has 0 radical (unpaired) electrons. The van der Waals surface area contributed by atoms with Crippen molar-refractivity contribution >= 4 is 22.4 Å². The van der Waals surface area contributed by atoms with E-state index < -0.39 is 0 Å². The van der Waals surface area contributed by atoms with Gasteiger partial charge < -0.3 is 10.1 Å². The highest BCUT2D eigenvalue weighted by molar-refractivity contribution is 5.90. The standard InChI is InChI=1S/C17H16N6O/c1-11-21-15-4-3-13(24-2)9-14(15)17(22-11)19-10-12-5-7-18-16-6-8-20-23(12)16/h3-9H,10H2,1-2H3,(H,19,21,22). The number of benzene rings is 1. The number of hydrogen-bond donors (Lipinski definition) is 1. The first-order valence-corrected chi connectivity index (χ1v) is 7.58. The molecule has 1 aromatic carbocycles. The van der Waals surface area contributed by atoms with E-state index in [0.717, 1.165) is 33.8 Å². The average molecular weight is 320 g/mol. The van der Waals surface area contributed by atoms with Gasteiger partial charge in [-0.25, -0.2) is 19.5 Å². The molecule has 3 heterocycles. The summed E-state index contributed by atoms with van der Waals surface area (Å²) < 4.78 is 7.12. The molecule has 7 heteroatoms. The normalized spacial score (nSPS) is 11.1. The summed E-state index contributed by atoms with van der Waals surface area (Å²) in [5.74, 6) is 2.26. The number of anilines is 1. The van der Waals surface area contributed by atoms with Gasteiger partial charge in [-0.05, 0) is 31.2 Å². The Labute approximate surface area is 138 Å². The van der Waals surface area contributed by atoms with Gasteiger partial charge >= 0.3 is 0 Å². The van der Waals surface area contributed by atoms with Crippen molar-refractivity contribution in [3.63, 3.8) is 0 Å². The zero-order chi connectivity index (χ0) is 16.5. The summed E-state index contributed by atoms with van der Waals surface area (Å²) in [7, 11) is 1.65. The molecule has 0 unspecified atom stereocenters. The van der Waals surface area contributed by atoms with Crippen LogP contribution in [0.25, 0.3) is 16.6 Å². The number of nitrogens with zero attached hydrogens (tertiary/aromatic N) is 5. The second kappa shape index (κ2) is 5.77. The predicted octanol–water partition coefficient (Wildman–Crippen LogP) is 2.60. The highest BCUT2D eigenvalue weighted by atomic mass is 16.5. The Bertz CT molecular complexity index is 1030. The smallest absolute Gasteiger partial charge is 0.155 e. The van der Waals surface area contributed by atoms with Gasteiger partial charge in [-0.3, -0.25) is 0 Å². The Kier molecular flexibility index (Phi) is 3.45. The maximum atomic E-state index is 5.31. The van der Waals surface area contributed by atoms with Crippen molar-refractivity contribution in [3.05, 3.63) is 54.2 Å². The molecule has 0 saturated carbocycles. The zero-order valence-electron chi connectivity index (χ0n) is 13.4. The zero-order valence-corrected chi connectivity index (χ0v) is 13.4.